The largest absolute Gasteiger partial charge is 0.495 e. The van der Waals surface area contributed by atoms with E-state index < -0.39 is 5.97 Å². The molecule has 1 amide bonds. The van der Waals surface area contributed by atoms with E-state index >= 15 is 0 Å². The van der Waals surface area contributed by atoms with Crippen molar-refractivity contribution < 1.29 is 24.2 Å². The minimum absolute atomic E-state index is 0.0312. The van der Waals surface area contributed by atoms with Gasteiger partial charge in [0.15, 0.2) is 5.78 Å². The van der Waals surface area contributed by atoms with Crippen LogP contribution in [0.4, 0.5) is 5.69 Å². The summed E-state index contributed by atoms with van der Waals surface area (Å²) in [5.41, 5.74) is 4.26. The fourth-order valence-corrected chi connectivity index (χ4v) is 4.40. The predicted molar refractivity (Wildman–Crippen MR) is 119 cm³/mol. The lowest BCUT2D eigenvalue weighted by Crippen LogP contribution is -2.47. The van der Waals surface area contributed by atoms with E-state index in [9.17, 15) is 19.5 Å². The van der Waals surface area contributed by atoms with Gasteiger partial charge in [-0.1, -0.05) is 24.3 Å². The van der Waals surface area contributed by atoms with Crippen LogP contribution in [0, 0.1) is 0 Å². The number of nitrogens with zero attached hydrogens (tertiary/aromatic N) is 3. The summed E-state index contributed by atoms with van der Waals surface area (Å²) in [4.78, 5) is 38.6. The summed E-state index contributed by atoms with van der Waals surface area (Å²) >= 11 is 0. The zero-order chi connectivity index (χ0) is 22.8. The molecule has 1 aliphatic carbocycles. The maximum absolute atomic E-state index is 13.1. The Balaban J connectivity index is 1.58. The summed E-state index contributed by atoms with van der Waals surface area (Å²) < 4.78 is 5.51. The molecule has 1 N–H and O–H groups in total. The van der Waals surface area contributed by atoms with Crippen molar-refractivity contribution >= 4 is 23.3 Å². The molecule has 0 radical (unpaired) electrons. The number of carbonyl (C=O) groups is 3. The molecule has 0 saturated carbocycles. The average molecular weight is 437 g/mol. The summed E-state index contributed by atoms with van der Waals surface area (Å²) in [6.07, 6.45) is 2.03. The van der Waals surface area contributed by atoms with Crippen LogP contribution in [0.5, 0.6) is 5.75 Å². The Hall–Kier alpha value is -3.39. The van der Waals surface area contributed by atoms with Crippen LogP contribution in [0.3, 0.4) is 0 Å². The summed E-state index contributed by atoms with van der Waals surface area (Å²) in [5, 5.41) is 13.0. The first-order chi connectivity index (χ1) is 15.4. The Bertz CT molecular complexity index is 1040. The van der Waals surface area contributed by atoms with Gasteiger partial charge in [-0.05, 0) is 41.7 Å². The number of hydrogen-bond donors (Lipinski definition) is 1. The number of likely N-dealkylation sites (N-methyl/N-ethyl adjacent to an activating group) is 1. The van der Waals surface area contributed by atoms with E-state index in [0.717, 1.165) is 18.4 Å². The van der Waals surface area contributed by atoms with E-state index in [0.29, 0.717) is 36.5 Å². The number of anilines is 1. The van der Waals surface area contributed by atoms with Crippen molar-refractivity contribution in [3.8, 4) is 5.75 Å². The highest BCUT2D eigenvalue weighted by Crippen LogP contribution is 2.35. The SMILES string of the molecule is COc1cc2c(cc1N(CC(=O)O)CC(=O)N(C)N1Cc3ccccc3C1)C(=O)CCC2. The van der Waals surface area contributed by atoms with Crippen molar-refractivity contribution in [2.75, 3.05) is 32.1 Å². The minimum Gasteiger partial charge on any atom is -0.495 e. The number of aryl methyl sites for hydroxylation is 1. The first-order valence-corrected chi connectivity index (χ1v) is 10.7. The van der Waals surface area contributed by atoms with E-state index in [1.807, 2.05) is 29.3 Å². The van der Waals surface area contributed by atoms with Crippen LogP contribution in [0.25, 0.3) is 0 Å². The molecule has 2 aromatic rings. The number of aliphatic carboxylic acids is 1. The predicted octanol–water partition coefficient (Wildman–Crippen LogP) is 2.49. The van der Waals surface area contributed by atoms with Gasteiger partial charge in [-0.2, -0.15) is 0 Å². The van der Waals surface area contributed by atoms with E-state index in [2.05, 4.69) is 0 Å². The lowest BCUT2D eigenvalue weighted by atomic mass is 9.90. The van der Waals surface area contributed by atoms with Crippen molar-refractivity contribution in [3.05, 3.63) is 58.7 Å². The van der Waals surface area contributed by atoms with Crippen LogP contribution >= 0.6 is 0 Å². The number of carboxylic acids is 1. The number of benzene rings is 2. The summed E-state index contributed by atoms with van der Waals surface area (Å²) in [7, 11) is 3.20. The molecule has 4 rings (SSSR count). The second-order valence-electron chi connectivity index (χ2n) is 8.22. The van der Waals surface area contributed by atoms with Gasteiger partial charge in [-0.3, -0.25) is 19.4 Å². The van der Waals surface area contributed by atoms with Gasteiger partial charge < -0.3 is 14.7 Å². The molecule has 8 heteroatoms. The zero-order valence-corrected chi connectivity index (χ0v) is 18.3. The number of rotatable bonds is 7. The Morgan fingerprint density at radius 2 is 1.75 bits per heavy atom. The highest BCUT2D eigenvalue weighted by Gasteiger charge is 2.28. The Kier molecular flexibility index (Phi) is 6.14. The van der Waals surface area contributed by atoms with Crippen LogP contribution in [0.2, 0.25) is 0 Å². The Labute approximate surface area is 186 Å². The molecule has 8 nitrogen and oxygen atoms in total. The van der Waals surface area contributed by atoms with E-state index in [1.165, 1.54) is 23.1 Å². The second-order valence-corrected chi connectivity index (χ2v) is 8.22. The normalized spacial score (nSPS) is 15.1. The molecule has 0 aromatic heterocycles. The topological polar surface area (TPSA) is 90.4 Å². The first-order valence-electron chi connectivity index (χ1n) is 10.7. The Morgan fingerprint density at radius 1 is 1.06 bits per heavy atom. The van der Waals surface area contributed by atoms with Crippen LogP contribution < -0.4 is 9.64 Å². The van der Waals surface area contributed by atoms with Gasteiger partial charge in [0.05, 0.1) is 19.3 Å². The minimum atomic E-state index is -1.07. The fourth-order valence-electron chi connectivity index (χ4n) is 4.40. The standard InChI is InChI=1S/C24H27N3O5/c1-25(27-12-17-6-3-4-7-18(17)13-27)23(29)14-26(15-24(30)31)20-11-19-16(10-22(20)32-2)8-5-9-21(19)28/h3-4,6-7,10-11H,5,8-9,12-15H2,1-2H3,(H,30,31). The van der Waals surface area contributed by atoms with Crippen molar-refractivity contribution in [2.45, 2.75) is 32.4 Å². The molecule has 1 heterocycles. The third-order valence-electron chi connectivity index (χ3n) is 6.16. The van der Waals surface area contributed by atoms with Gasteiger partial charge in [-0.15, -0.1) is 0 Å². The summed E-state index contributed by atoms with van der Waals surface area (Å²) in [5.74, 6) is -0.822. The van der Waals surface area contributed by atoms with Gasteiger partial charge in [0.25, 0.3) is 5.91 Å². The number of ketones is 1. The molecule has 0 bridgehead atoms. The Morgan fingerprint density at radius 3 is 2.38 bits per heavy atom. The zero-order valence-electron chi connectivity index (χ0n) is 18.3. The summed E-state index contributed by atoms with van der Waals surface area (Å²) in [6, 6.07) is 11.5. The molecule has 32 heavy (non-hydrogen) atoms. The van der Waals surface area contributed by atoms with E-state index in [-0.39, 0.29) is 24.8 Å². The van der Waals surface area contributed by atoms with Crippen molar-refractivity contribution in [3.63, 3.8) is 0 Å². The third kappa shape index (κ3) is 4.31. The monoisotopic (exact) mass is 437 g/mol. The maximum atomic E-state index is 13.1. The number of fused-ring (bicyclic) bond motifs is 2. The number of ether oxygens (including phenoxy) is 1. The maximum Gasteiger partial charge on any atom is 0.323 e. The smallest absolute Gasteiger partial charge is 0.323 e. The third-order valence-corrected chi connectivity index (χ3v) is 6.16. The van der Waals surface area contributed by atoms with Gasteiger partial charge in [-0.25, -0.2) is 5.01 Å². The van der Waals surface area contributed by atoms with Gasteiger partial charge in [0, 0.05) is 32.1 Å². The van der Waals surface area contributed by atoms with E-state index in [1.54, 1.807) is 24.2 Å². The molecule has 2 aromatic carbocycles. The molecular weight excluding hydrogens is 410 g/mol. The lowest BCUT2D eigenvalue weighted by molar-refractivity contribution is -0.145. The molecule has 168 valence electrons. The van der Waals surface area contributed by atoms with E-state index in [4.69, 9.17) is 4.74 Å². The average Bonchev–Trinajstić information content (AvgIpc) is 3.21. The molecule has 0 saturated heterocycles. The number of hydrazine groups is 1. The molecule has 2 aliphatic rings. The second kappa shape index (κ2) is 9.00. The van der Waals surface area contributed by atoms with Crippen molar-refractivity contribution in [1.82, 2.24) is 10.0 Å². The fraction of sp³-hybridized carbons (Fsp3) is 0.375. The molecule has 0 fully saturated rings. The lowest BCUT2D eigenvalue weighted by Gasteiger charge is -2.32. The number of carbonyl (C=O) groups excluding carboxylic acids is 2. The molecular formula is C24H27N3O5. The van der Waals surface area contributed by atoms with Gasteiger partial charge >= 0.3 is 5.97 Å². The number of methoxy groups -OCH3 is 1. The van der Waals surface area contributed by atoms with Crippen molar-refractivity contribution in [2.24, 2.45) is 0 Å². The number of Topliss-reactive ketones (excluding diaryl/α,β-unsaturated/α-hetero) is 1. The number of amides is 1. The van der Waals surface area contributed by atoms with Gasteiger partial charge in [0.2, 0.25) is 0 Å². The van der Waals surface area contributed by atoms with Crippen molar-refractivity contribution in [1.29, 1.82) is 0 Å². The highest BCUT2D eigenvalue weighted by atomic mass is 16.5. The number of carboxylic acid groups (broad SMARTS) is 1. The van der Waals surface area contributed by atoms with Crippen LogP contribution in [0.1, 0.15) is 39.9 Å². The summed E-state index contributed by atoms with van der Waals surface area (Å²) in [6.45, 7) is 0.699. The number of hydrogen-bond acceptors (Lipinski definition) is 6. The van der Waals surface area contributed by atoms with Gasteiger partial charge in [0.1, 0.15) is 12.3 Å². The first kappa shape index (κ1) is 21.8. The molecule has 0 unspecified atom stereocenters. The highest BCUT2D eigenvalue weighted by molar-refractivity contribution is 6.00. The van der Waals surface area contributed by atoms with Crippen LogP contribution in [-0.4, -0.2) is 60.0 Å². The molecule has 1 aliphatic heterocycles. The quantitative estimate of drug-likeness (QED) is 0.712. The van der Waals surface area contributed by atoms with Crippen LogP contribution in [0.15, 0.2) is 36.4 Å². The van der Waals surface area contributed by atoms with Crippen LogP contribution in [-0.2, 0) is 29.1 Å². The molecule has 0 atom stereocenters. The molecule has 0 spiro atoms.